The number of nitriles is 1. The van der Waals surface area contributed by atoms with Gasteiger partial charge in [0.15, 0.2) is 5.78 Å². The van der Waals surface area contributed by atoms with Crippen LogP contribution in [0.3, 0.4) is 0 Å². The molecule has 0 saturated heterocycles. The van der Waals surface area contributed by atoms with E-state index >= 15 is 0 Å². The standard InChI is InChI=1S/C33H31N3O3/c1-19-29(23-8-6-7-9-27(23)36-19)30-24-16-20(10-15-28(37)21-11-13-22(38-5)14-12-21)17-26(33(2,3)4)31(24)39-32(35)25(30)18-34/h6-17,30,36H,35H2,1-5H3/b15-10+. The molecule has 3 aromatic carbocycles. The third-order valence-electron chi connectivity index (χ3n) is 7.18. The lowest BCUT2D eigenvalue weighted by molar-refractivity contribution is 0.104. The third kappa shape index (κ3) is 4.68. The van der Waals surface area contributed by atoms with Crippen LogP contribution in [0.2, 0.25) is 0 Å². The molecule has 1 aromatic heterocycles. The summed E-state index contributed by atoms with van der Waals surface area (Å²) in [6.45, 7) is 8.33. The zero-order chi connectivity index (χ0) is 27.9. The van der Waals surface area contributed by atoms with Gasteiger partial charge in [0.25, 0.3) is 0 Å². The number of carbonyl (C=O) groups excluding carboxylic acids is 1. The normalized spacial score (nSPS) is 15.2. The van der Waals surface area contributed by atoms with Crippen molar-refractivity contribution in [2.24, 2.45) is 5.73 Å². The second kappa shape index (κ2) is 9.85. The van der Waals surface area contributed by atoms with Crippen molar-refractivity contribution in [2.45, 2.75) is 39.0 Å². The van der Waals surface area contributed by atoms with Gasteiger partial charge in [0.1, 0.15) is 23.1 Å². The Morgan fingerprint density at radius 1 is 1.13 bits per heavy atom. The number of ketones is 1. The minimum absolute atomic E-state index is 0.114. The first kappa shape index (κ1) is 25.9. The number of allylic oxidation sites excluding steroid dienone is 2. The molecule has 1 aliphatic rings. The van der Waals surface area contributed by atoms with Gasteiger partial charge in [-0.05, 0) is 72.0 Å². The SMILES string of the molecule is COc1ccc(C(=O)/C=C/c2cc3c(c(C(C)(C)C)c2)OC(N)=C(C#N)C3c2c(C)[nH]c3ccccc23)cc1. The van der Waals surface area contributed by atoms with Crippen LogP contribution in [0.5, 0.6) is 11.5 Å². The first-order chi connectivity index (χ1) is 18.6. The van der Waals surface area contributed by atoms with Crippen LogP contribution < -0.4 is 15.2 Å². The molecule has 0 bridgehead atoms. The molecule has 1 aliphatic heterocycles. The maximum atomic E-state index is 12.9. The number of ether oxygens (including phenoxy) is 2. The van der Waals surface area contributed by atoms with E-state index in [-0.39, 0.29) is 17.1 Å². The van der Waals surface area contributed by atoms with Gasteiger partial charge in [-0.2, -0.15) is 5.26 Å². The Kier molecular flexibility index (Phi) is 6.53. The number of rotatable bonds is 5. The average molecular weight is 518 g/mol. The Hall–Kier alpha value is -4.76. The highest BCUT2D eigenvalue weighted by Gasteiger charge is 2.36. The number of nitrogens with two attached hydrogens (primary N) is 1. The number of aromatic nitrogens is 1. The minimum atomic E-state index is -0.429. The number of aromatic amines is 1. The van der Waals surface area contributed by atoms with E-state index in [1.165, 1.54) is 0 Å². The summed E-state index contributed by atoms with van der Waals surface area (Å²) in [4.78, 5) is 16.4. The number of benzene rings is 3. The summed E-state index contributed by atoms with van der Waals surface area (Å²) in [7, 11) is 1.59. The third-order valence-corrected chi connectivity index (χ3v) is 7.18. The highest BCUT2D eigenvalue weighted by atomic mass is 16.5. The van der Waals surface area contributed by atoms with Crippen molar-refractivity contribution < 1.29 is 14.3 Å². The minimum Gasteiger partial charge on any atom is -0.497 e. The second-order valence-electron chi connectivity index (χ2n) is 10.8. The predicted octanol–water partition coefficient (Wildman–Crippen LogP) is 6.90. The smallest absolute Gasteiger partial charge is 0.205 e. The average Bonchev–Trinajstić information content (AvgIpc) is 3.25. The molecule has 1 unspecified atom stereocenters. The van der Waals surface area contributed by atoms with Gasteiger partial charge in [-0.1, -0.05) is 45.0 Å². The number of fused-ring (bicyclic) bond motifs is 2. The van der Waals surface area contributed by atoms with Gasteiger partial charge in [0.2, 0.25) is 5.88 Å². The zero-order valence-corrected chi connectivity index (χ0v) is 22.8. The van der Waals surface area contributed by atoms with Gasteiger partial charge in [-0.25, -0.2) is 0 Å². The fourth-order valence-corrected chi connectivity index (χ4v) is 5.23. The van der Waals surface area contributed by atoms with Crippen LogP contribution >= 0.6 is 0 Å². The number of para-hydroxylation sites is 1. The van der Waals surface area contributed by atoms with Crippen LogP contribution in [0.1, 0.15) is 65.0 Å². The quantitative estimate of drug-likeness (QED) is 0.222. The molecule has 0 amide bonds. The molecule has 6 heteroatoms. The van der Waals surface area contributed by atoms with E-state index in [1.807, 2.05) is 43.3 Å². The number of carbonyl (C=O) groups is 1. The number of hydrogen-bond acceptors (Lipinski definition) is 5. The van der Waals surface area contributed by atoms with Crippen molar-refractivity contribution in [2.75, 3.05) is 7.11 Å². The number of nitrogens with zero attached hydrogens (tertiary/aromatic N) is 1. The molecule has 3 N–H and O–H groups in total. The largest absolute Gasteiger partial charge is 0.497 e. The highest BCUT2D eigenvalue weighted by molar-refractivity contribution is 6.06. The molecule has 0 saturated carbocycles. The molecule has 4 aromatic rings. The van der Waals surface area contributed by atoms with Crippen LogP contribution in [-0.4, -0.2) is 17.9 Å². The molecule has 0 spiro atoms. The summed E-state index contributed by atoms with van der Waals surface area (Å²) in [5.41, 5.74) is 12.6. The first-order valence-corrected chi connectivity index (χ1v) is 12.8. The molecule has 0 fully saturated rings. The van der Waals surface area contributed by atoms with Gasteiger partial charge in [-0.15, -0.1) is 0 Å². The van der Waals surface area contributed by atoms with Gasteiger partial charge in [0.05, 0.1) is 13.0 Å². The lowest BCUT2D eigenvalue weighted by atomic mass is 9.77. The van der Waals surface area contributed by atoms with Crippen molar-refractivity contribution in [3.8, 4) is 17.6 Å². The molecule has 39 heavy (non-hydrogen) atoms. The summed E-state index contributed by atoms with van der Waals surface area (Å²) >= 11 is 0. The molecule has 0 aliphatic carbocycles. The van der Waals surface area contributed by atoms with E-state index in [9.17, 15) is 10.1 Å². The Morgan fingerprint density at radius 3 is 2.51 bits per heavy atom. The maximum absolute atomic E-state index is 12.9. The lowest BCUT2D eigenvalue weighted by Crippen LogP contribution is -2.25. The number of methoxy groups -OCH3 is 1. The first-order valence-electron chi connectivity index (χ1n) is 12.8. The molecular formula is C33H31N3O3. The lowest BCUT2D eigenvalue weighted by Gasteiger charge is -2.32. The number of nitrogens with one attached hydrogen (secondary N) is 1. The fraction of sp³-hybridized carbons (Fsp3) is 0.212. The molecule has 0 radical (unpaired) electrons. The van der Waals surface area contributed by atoms with Gasteiger partial charge in [-0.3, -0.25) is 4.79 Å². The summed E-state index contributed by atoms with van der Waals surface area (Å²) < 4.78 is 11.4. The summed E-state index contributed by atoms with van der Waals surface area (Å²) in [6, 6.07) is 21.4. The van der Waals surface area contributed by atoms with Crippen molar-refractivity contribution in [1.82, 2.24) is 4.98 Å². The predicted molar refractivity (Wildman–Crippen MR) is 154 cm³/mol. The van der Waals surface area contributed by atoms with E-state index < -0.39 is 5.92 Å². The van der Waals surface area contributed by atoms with Crippen molar-refractivity contribution >= 4 is 22.8 Å². The van der Waals surface area contributed by atoms with Crippen molar-refractivity contribution in [3.05, 3.63) is 112 Å². The molecule has 6 nitrogen and oxygen atoms in total. The molecular weight excluding hydrogens is 486 g/mol. The van der Waals surface area contributed by atoms with E-state index in [4.69, 9.17) is 15.2 Å². The monoisotopic (exact) mass is 517 g/mol. The van der Waals surface area contributed by atoms with Gasteiger partial charge >= 0.3 is 0 Å². The van der Waals surface area contributed by atoms with Gasteiger partial charge in [0, 0.05) is 33.3 Å². The molecule has 5 rings (SSSR count). The Bertz CT molecular complexity index is 1690. The maximum Gasteiger partial charge on any atom is 0.205 e. The second-order valence-corrected chi connectivity index (χ2v) is 10.8. The fourth-order valence-electron chi connectivity index (χ4n) is 5.23. The molecule has 2 heterocycles. The summed E-state index contributed by atoms with van der Waals surface area (Å²) in [5, 5.41) is 11.2. The van der Waals surface area contributed by atoms with Crippen LogP contribution in [0.15, 0.2) is 78.2 Å². The van der Waals surface area contributed by atoms with Crippen LogP contribution in [0, 0.1) is 18.3 Å². The van der Waals surface area contributed by atoms with E-state index in [0.29, 0.717) is 22.6 Å². The van der Waals surface area contributed by atoms with E-state index in [0.717, 1.165) is 38.9 Å². The topological polar surface area (TPSA) is 101 Å². The molecule has 1 atom stereocenters. The Morgan fingerprint density at radius 2 is 1.85 bits per heavy atom. The van der Waals surface area contributed by atoms with E-state index in [1.54, 1.807) is 37.5 Å². The Labute approximate surface area is 228 Å². The van der Waals surface area contributed by atoms with Crippen LogP contribution in [-0.2, 0) is 5.41 Å². The zero-order valence-electron chi connectivity index (χ0n) is 22.8. The van der Waals surface area contributed by atoms with Crippen molar-refractivity contribution in [3.63, 3.8) is 0 Å². The summed E-state index contributed by atoms with van der Waals surface area (Å²) in [5.74, 6) is 0.922. The molecule has 196 valence electrons. The van der Waals surface area contributed by atoms with Gasteiger partial charge < -0.3 is 20.2 Å². The van der Waals surface area contributed by atoms with Crippen molar-refractivity contribution in [1.29, 1.82) is 5.26 Å². The summed E-state index contributed by atoms with van der Waals surface area (Å²) in [6.07, 6.45) is 3.38. The van der Waals surface area contributed by atoms with Crippen LogP contribution in [0.25, 0.3) is 17.0 Å². The van der Waals surface area contributed by atoms with Crippen LogP contribution in [0.4, 0.5) is 0 Å². The Balaban J connectivity index is 1.68. The number of hydrogen-bond donors (Lipinski definition) is 2. The number of aryl methyl sites for hydroxylation is 1. The highest BCUT2D eigenvalue weighted by Crippen LogP contribution is 2.49. The number of H-pyrrole nitrogens is 1. The van der Waals surface area contributed by atoms with E-state index in [2.05, 4.69) is 37.9 Å².